The van der Waals surface area contributed by atoms with Gasteiger partial charge in [0.1, 0.15) is 12.7 Å². The first-order valence-corrected chi connectivity index (χ1v) is 5.27. The van der Waals surface area contributed by atoms with Crippen molar-refractivity contribution in [1.82, 2.24) is 14.8 Å². The van der Waals surface area contributed by atoms with Crippen LogP contribution >= 0.6 is 0 Å². The summed E-state index contributed by atoms with van der Waals surface area (Å²) in [6, 6.07) is 0. The van der Waals surface area contributed by atoms with E-state index in [9.17, 15) is 0 Å². The van der Waals surface area contributed by atoms with Crippen molar-refractivity contribution in [3.8, 4) is 0 Å². The maximum absolute atomic E-state index is 4.15. The minimum atomic E-state index is 0.837. The van der Waals surface area contributed by atoms with Gasteiger partial charge < -0.3 is 0 Å². The van der Waals surface area contributed by atoms with Crippen molar-refractivity contribution in [2.24, 2.45) is 5.92 Å². The molecule has 0 amide bonds. The molecule has 1 aromatic rings. The molecule has 0 atom stereocenters. The molecule has 0 spiro atoms. The van der Waals surface area contributed by atoms with Gasteiger partial charge in [-0.25, -0.2) is 4.98 Å². The zero-order valence-corrected chi connectivity index (χ0v) is 8.02. The third-order valence-electron chi connectivity index (χ3n) is 2.89. The Morgan fingerprint density at radius 1 is 1.15 bits per heavy atom. The van der Waals surface area contributed by atoms with E-state index in [0.29, 0.717) is 0 Å². The first kappa shape index (κ1) is 8.73. The Bertz CT molecular complexity index is 222. The van der Waals surface area contributed by atoms with Crippen molar-refractivity contribution < 1.29 is 0 Å². The van der Waals surface area contributed by atoms with Crippen LogP contribution in [0.25, 0.3) is 0 Å². The fourth-order valence-electron chi connectivity index (χ4n) is 2.14. The Balaban J connectivity index is 1.86. The van der Waals surface area contributed by atoms with Crippen molar-refractivity contribution >= 4 is 0 Å². The van der Waals surface area contributed by atoms with E-state index in [1.54, 1.807) is 6.33 Å². The fourth-order valence-corrected chi connectivity index (χ4v) is 2.14. The Morgan fingerprint density at radius 3 is 2.54 bits per heavy atom. The van der Waals surface area contributed by atoms with Crippen molar-refractivity contribution in [3.63, 3.8) is 0 Å². The Kier molecular flexibility index (Phi) is 2.95. The summed E-state index contributed by atoms with van der Waals surface area (Å²) in [6.45, 7) is 1.07. The molecule has 3 heteroatoms. The summed E-state index contributed by atoms with van der Waals surface area (Å²) in [7, 11) is 0. The maximum Gasteiger partial charge on any atom is 0.137 e. The van der Waals surface area contributed by atoms with Crippen molar-refractivity contribution in [2.75, 3.05) is 0 Å². The van der Waals surface area contributed by atoms with Crippen LogP contribution in [0, 0.1) is 5.92 Å². The van der Waals surface area contributed by atoms with Crippen LogP contribution in [-0.2, 0) is 6.54 Å². The number of rotatable bonds is 2. The summed E-state index contributed by atoms with van der Waals surface area (Å²) in [5, 5.41) is 4.15. The van der Waals surface area contributed by atoms with Gasteiger partial charge in [0.2, 0.25) is 0 Å². The van der Waals surface area contributed by atoms with E-state index in [0.717, 1.165) is 12.5 Å². The van der Waals surface area contributed by atoms with Gasteiger partial charge in [-0.15, -0.1) is 0 Å². The van der Waals surface area contributed by atoms with Crippen LogP contribution in [0.1, 0.15) is 38.5 Å². The Hall–Kier alpha value is -0.860. The molecule has 1 heterocycles. The summed E-state index contributed by atoms with van der Waals surface area (Å²) in [6.07, 6.45) is 11.8. The lowest BCUT2D eigenvalue weighted by Gasteiger charge is -2.12. The van der Waals surface area contributed by atoms with Gasteiger partial charge >= 0.3 is 0 Å². The molecule has 72 valence electrons. The average Bonchev–Trinajstić information content (AvgIpc) is 2.49. The number of hydrogen-bond acceptors (Lipinski definition) is 2. The zero-order chi connectivity index (χ0) is 8.93. The van der Waals surface area contributed by atoms with Crippen LogP contribution in [-0.4, -0.2) is 14.8 Å². The van der Waals surface area contributed by atoms with E-state index < -0.39 is 0 Å². The first-order valence-electron chi connectivity index (χ1n) is 5.27. The van der Waals surface area contributed by atoms with Gasteiger partial charge in [0.05, 0.1) is 0 Å². The van der Waals surface area contributed by atoms with Gasteiger partial charge in [-0.3, -0.25) is 4.68 Å². The highest BCUT2D eigenvalue weighted by atomic mass is 15.3. The number of nitrogens with zero attached hydrogens (tertiary/aromatic N) is 3. The van der Waals surface area contributed by atoms with E-state index in [4.69, 9.17) is 0 Å². The highest BCUT2D eigenvalue weighted by Gasteiger charge is 2.12. The van der Waals surface area contributed by atoms with Crippen molar-refractivity contribution in [3.05, 3.63) is 12.7 Å². The summed E-state index contributed by atoms with van der Waals surface area (Å²) < 4.78 is 1.97. The Morgan fingerprint density at radius 2 is 1.92 bits per heavy atom. The summed E-state index contributed by atoms with van der Waals surface area (Å²) in [5.74, 6) is 0.837. The summed E-state index contributed by atoms with van der Waals surface area (Å²) >= 11 is 0. The molecule has 1 fully saturated rings. The molecule has 1 saturated carbocycles. The lowest BCUT2D eigenvalue weighted by atomic mass is 10.0. The van der Waals surface area contributed by atoms with Gasteiger partial charge in [-0.05, 0) is 18.8 Å². The smallest absolute Gasteiger partial charge is 0.137 e. The average molecular weight is 179 g/mol. The Labute approximate surface area is 79.2 Å². The van der Waals surface area contributed by atoms with Crippen LogP contribution in [0.15, 0.2) is 12.7 Å². The largest absolute Gasteiger partial charge is 0.253 e. The van der Waals surface area contributed by atoms with Crippen LogP contribution in [0.5, 0.6) is 0 Å². The summed E-state index contributed by atoms with van der Waals surface area (Å²) in [4.78, 5) is 3.96. The molecule has 0 saturated heterocycles. The minimum Gasteiger partial charge on any atom is -0.253 e. The van der Waals surface area contributed by atoms with Crippen molar-refractivity contribution in [1.29, 1.82) is 0 Å². The fraction of sp³-hybridized carbons (Fsp3) is 0.800. The van der Waals surface area contributed by atoms with Crippen LogP contribution < -0.4 is 0 Å². The SMILES string of the molecule is c1ncn(CC2CCCCCC2)n1. The van der Waals surface area contributed by atoms with Crippen LogP contribution in [0.3, 0.4) is 0 Å². The quantitative estimate of drug-likeness (QED) is 0.652. The van der Waals surface area contributed by atoms with E-state index in [-0.39, 0.29) is 0 Å². The predicted octanol–water partition coefficient (Wildman–Crippen LogP) is 2.25. The molecular formula is C10H17N3. The molecule has 0 radical (unpaired) electrons. The zero-order valence-electron chi connectivity index (χ0n) is 8.02. The number of aromatic nitrogens is 3. The molecule has 1 aromatic heterocycles. The van der Waals surface area contributed by atoms with Gasteiger partial charge in [0.15, 0.2) is 0 Å². The molecule has 0 unspecified atom stereocenters. The predicted molar refractivity (Wildman–Crippen MR) is 51.2 cm³/mol. The summed E-state index contributed by atoms with van der Waals surface area (Å²) in [5.41, 5.74) is 0. The second-order valence-corrected chi connectivity index (χ2v) is 3.98. The van der Waals surface area contributed by atoms with E-state index in [1.807, 2.05) is 11.0 Å². The molecule has 3 nitrogen and oxygen atoms in total. The molecule has 0 aromatic carbocycles. The lowest BCUT2D eigenvalue weighted by Crippen LogP contribution is -2.10. The molecule has 13 heavy (non-hydrogen) atoms. The van der Waals surface area contributed by atoms with Crippen LogP contribution in [0.2, 0.25) is 0 Å². The molecule has 1 aliphatic rings. The molecule has 0 N–H and O–H groups in total. The topological polar surface area (TPSA) is 30.7 Å². The highest BCUT2D eigenvalue weighted by Crippen LogP contribution is 2.23. The highest BCUT2D eigenvalue weighted by molar-refractivity contribution is 4.66. The normalized spacial score (nSPS) is 20.0. The second-order valence-electron chi connectivity index (χ2n) is 3.98. The van der Waals surface area contributed by atoms with Crippen molar-refractivity contribution in [2.45, 2.75) is 45.1 Å². The first-order chi connectivity index (χ1) is 6.45. The number of hydrogen-bond donors (Lipinski definition) is 0. The third-order valence-corrected chi connectivity index (χ3v) is 2.89. The van der Waals surface area contributed by atoms with Gasteiger partial charge in [-0.2, -0.15) is 5.10 Å². The molecule has 0 bridgehead atoms. The molecule has 0 aliphatic heterocycles. The van der Waals surface area contributed by atoms with E-state index in [2.05, 4.69) is 10.1 Å². The van der Waals surface area contributed by atoms with E-state index >= 15 is 0 Å². The molecule has 1 aliphatic carbocycles. The second kappa shape index (κ2) is 4.40. The molecular weight excluding hydrogens is 162 g/mol. The lowest BCUT2D eigenvalue weighted by molar-refractivity contribution is 0.375. The van der Waals surface area contributed by atoms with Gasteiger partial charge in [0, 0.05) is 6.54 Å². The monoisotopic (exact) mass is 179 g/mol. The maximum atomic E-state index is 4.15. The third kappa shape index (κ3) is 2.54. The van der Waals surface area contributed by atoms with Crippen LogP contribution in [0.4, 0.5) is 0 Å². The molecule has 2 rings (SSSR count). The van der Waals surface area contributed by atoms with Gasteiger partial charge in [-0.1, -0.05) is 25.7 Å². The van der Waals surface area contributed by atoms with Gasteiger partial charge in [0.25, 0.3) is 0 Å². The standard InChI is InChI=1S/C10H17N3/c1-2-4-6-10(5-3-1)7-13-9-11-8-12-13/h8-10H,1-7H2. The minimum absolute atomic E-state index is 0.837. The van der Waals surface area contributed by atoms with E-state index in [1.165, 1.54) is 38.5 Å².